The molecule has 7 nitrogen and oxygen atoms in total. The quantitative estimate of drug-likeness (QED) is 0.603. The Bertz CT molecular complexity index is 790. The van der Waals surface area contributed by atoms with Crippen molar-refractivity contribution in [3.63, 3.8) is 0 Å². The standard InChI is InChI=1S/C22H33N5O2S/c1-4-23-21-20(22(28)24-17(2)16-29-3)30-19(25-21)15-27-12-10-26(11-13-27)14-18-8-6-5-7-9-18/h5-9,17,23H,4,10-16H2,1-3H3,(H,24,28). The number of carbonyl (C=O) groups is 1. The molecule has 30 heavy (non-hydrogen) atoms. The summed E-state index contributed by atoms with van der Waals surface area (Å²) in [6.07, 6.45) is 0. The van der Waals surface area contributed by atoms with Gasteiger partial charge in [0.2, 0.25) is 0 Å². The lowest BCUT2D eigenvalue weighted by Crippen LogP contribution is -2.45. The summed E-state index contributed by atoms with van der Waals surface area (Å²) in [5, 5.41) is 7.20. The van der Waals surface area contributed by atoms with E-state index in [2.05, 4.69) is 50.8 Å². The summed E-state index contributed by atoms with van der Waals surface area (Å²) in [6, 6.07) is 10.6. The van der Waals surface area contributed by atoms with E-state index in [1.807, 2.05) is 13.8 Å². The number of carbonyl (C=O) groups excluding carboxylic acids is 1. The second-order valence-electron chi connectivity index (χ2n) is 7.68. The highest BCUT2D eigenvalue weighted by molar-refractivity contribution is 7.14. The Kier molecular flexibility index (Phi) is 8.62. The molecule has 1 atom stereocenters. The number of amides is 1. The Morgan fingerprint density at radius 2 is 1.83 bits per heavy atom. The van der Waals surface area contributed by atoms with E-state index >= 15 is 0 Å². The molecule has 0 aliphatic carbocycles. The van der Waals surface area contributed by atoms with E-state index in [0.29, 0.717) is 17.3 Å². The van der Waals surface area contributed by atoms with E-state index in [1.54, 1.807) is 7.11 Å². The lowest BCUT2D eigenvalue weighted by atomic mass is 10.2. The van der Waals surface area contributed by atoms with E-state index in [9.17, 15) is 4.79 Å². The van der Waals surface area contributed by atoms with Gasteiger partial charge in [0.1, 0.15) is 15.7 Å². The van der Waals surface area contributed by atoms with Gasteiger partial charge >= 0.3 is 0 Å². The molecule has 1 aliphatic heterocycles. The fourth-order valence-corrected chi connectivity index (χ4v) is 4.58. The molecule has 1 unspecified atom stereocenters. The highest BCUT2D eigenvalue weighted by atomic mass is 32.1. The molecule has 1 aromatic carbocycles. The van der Waals surface area contributed by atoms with Gasteiger partial charge in [-0.15, -0.1) is 11.3 Å². The monoisotopic (exact) mass is 431 g/mol. The predicted molar refractivity (Wildman–Crippen MR) is 122 cm³/mol. The SMILES string of the molecule is CCNc1nc(CN2CCN(Cc3ccccc3)CC2)sc1C(=O)NC(C)COC. The van der Waals surface area contributed by atoms with Gasteiger partial charge in [0.05, 0.1) is 13.2 Å². The van der Waals surface area contributed by atoms with Crippen molar-refractivity contribution in [2.24, 2.45) is 0 Å². The number of nitrogens with one attached hydrogen (secondary N) is 2. The first-order valence-electron chi connectivity index (χ1n) is 10.6. The number of hydrogen-bond acceptors (Lipinski definition) is 7. The Hall–Kier alpha value is -2.00. The number of aromatic nitrogens is 1. The first-order valence-corrected chi connectivity index (χ1v) is 11.4. The van der Waals surface area contributed by atoms with Gasteiger partial charge in [0.25, 0.3) is 5.91 Å². The van der Waals surface area contributed by atoms with Gasteiger partial charge in [-0.3, -0.25) is 14.6 Å². The number of anilines is 1. The highest BCUT2D eigenvalue weighted by Crippen LogP contribution is 2.25. The molecule has 2 heterocycles. The summed E-state index contributed by atoms with van der Waals surface area (Å²) >= 11 is 1.48. The molecule has 0 saturated carbocycles. The molecule has 164 valence electrons. The number of ether oxygens (including phenoxy) is 1. The minimum Gasteiger partial charge on any atom is -0.383 e. The maximum absolute atomic E-state index is 12.7. The largest absolute Gasteiger partial charge is 0.383 e. The van der Waals surface area contributed by atoms with E-state index in [4.69, 9.17) is 9.72 Å². The summed E-state index contributed by atoms with van der Waals surface area (Å²) < 4.78 is 5.12. The van der Waals surface area contributed by atoms with Crippen molar-refractivity contribution in [3.8, 4) is 0 Å². The number of nitrogens with zero attached hydrogens (tertiary/aromatic N) is 3. The summed E-state index contributed by atoms with van der Waals surface area (Å²) in [7, 11) is 1.64. The Balaban J connectivity index is 1.55. The van der Waals surface area contributed by atoms with Crippen LogP contribution in [0.25, 0.3) is 0 Å². The molecule has 2 aromatic rings. The number of benzene rings is 1. The van der Waals surface area contributed by atoms with Crippen LogP contribution in [0, 0.1) is 0 Å². The average molecular weight is 432 g/mol. The maximum Gasteiger partial charge on any atom is 0.265 e. The van der Waals surface area contributed by atoms with Crippen molar-refractivity contribution in [3.05, 3.63) is 45.8 Å². The van der Waals surface area contributed by atoms with Gasteiger partial charge in [0.15, 0.2) is 0 Å². The van der Waals surface area contributed by atoms with Gasteiger partial charge in [-0.2, -0.15) is 0 Å². The van der Waals surface area contributed by atoms with E-state index < -0.39 is 0 Å². The zero-order chi connectivity index (χ0) is 21.3. The first kappa shape index (κ1) is 22.7. The van der Waals surface area contributed by atoms with Crippen molar-refractivity contribution in [2.75, 3.05) is 51.8 Å². The first-order chi connectivity index (χ1) is 14.6. The highest BCUT2D eigenvalue weighted by Gasteiger charge is 2.22. The lowest BCUT2D eigenvalue weighted by Gasteiger charge is -2.34. The van der Waals surface area contributed by atoms with E-state index in [-0.39, 0.29) is 11.9 Å². The third-order valence-electron chi connectivity index (χ3n) is 5.09. The van der Waals surface area contributed by atoms with Gasteiger partial charge in [-0.05, 0) is 19.4 Å². The molecule has 1 aromatic heterocycles. The van der Waals surface area contributed by atoms with Crippen LogP contribution >= 0.6 is 11.3 Å². The van der Waals surface area contributed by atoms with Gasteiger partial charge in [-0.25, -0.2) is 4.98 Å². The summed E-state index contributed by atoms with van der Waals surface area (Å²) in [6.45, 7) is 11.1. The summed E-state index contributed by atoms with van der Waals surface area (Å²) in [5.74, 6) is 0.592. The molecule has 0 radical (unpaired) electrons. The molecule has 3 rings (SSSR count). The Morgan fingerprint density at radius 1 is 1.17 bits per heavy atom. The number of hydrogen-bond donors (Lipinski definition) is 2. The predicted octanol–water partition coefficient (Wildman–Crippen LogP) is 2.66. The minimum atomic E-state index is -0.0908. The van der Waals surface area contributed by atoms with Gasteiger partial charge in [-0.1, -0.05) is 30.3 Å². The van der Waals surface area contributed by atoms with Crippen LogP contribution in [0.4, 0.5) is 5.82 Å². The van der Waals surface area contributed by atoms with Crippen LogP contribution in [0.1, 0.15) is 34.1 Å². The molecular weight excluding hydrogens is 398 g/mol. The fourth-order valence-electron chi connectivity index (χ4n) is 3.59. The zero-order valence-corrected chi connectivity index (χ0v) is 19.0. The zero-order valence-electron chi connectivity index (χ0n) is 18.2. The van der Waals surface area contributed by atoms with Crippen LogP contribution in [0.3, 0.4) is 0 Å². The van der Waals surface area contributed by atoms with Crippen LogP contribution in [0.15, 0.2) is 30.3 Å². The third kappa shape index (κ3) is 6.50. The number of methoxy groups -OCH3 is 1. The minimum absolute atomic E-state index is 0.0415. The van der Waals surface area contributed by atoms with Crippen molar-refractivity contribution in [1.29, 1.82) is 0 Å². The molecular formula is C22H33N5O2S. The van der Waals surface area contributed by atoms with E-state index in [0.717, 1.165) is 50.8 Å². The average Bonchev–Trinajstić information content (AvgIpc) is 3.13. The van der Waals surface area contributed by atoms with Crippen molar-refractivity contribution >= 4 is 23.1 Å². The molecule has 1 fully saturated rings. The second-order valence-corrected chi connectivity index (χ2v) is 8.77. The van der Waals surface area contributed by atoms with Gasteiger partial charge < -0.3 is 15.4 Å². The molecule has 0 spiro atoms. The number of thiazole rings is 1. The van der Waals surface area contributed by atoms with E-state index in [1.165, 1.54) is 16.9 Å². The third-order valence-corrected chi connectivity index (χ3v) is 6.13. The van der Waals surface area contributed by atoms with Crippen LogP contribution in [0.5, 0.6) is 0 Å². The van der Waals surface area contributed by atoms with Crippen LogP contribution in [-0.4, -0.2) is 73.2 Å². The molecule has 1 aliphatic rings. The lowest BCUT2D eigenvalue weighted by molar-refractivity contribution is 0.0910. The normalized spacial score (nSPS) is 16.4. The van der Waals surface area contributed by atoms with Gasteiger partial charge in [0, 0.05) is 52.4 Å². The molecule has 0 bridgehead atoms. The fraction of sp³-hybridized carbons (Fsp3) is 0.545. The topological polar surface area (TPSA) is 69.7 Å². The smallest absolute Gasteiger partial charge is 0.265 e. The molecule has 1 amide bonds. The van der Waals surface area contributed by atoms with Crippen LogP contribution in [0.2, 0.25) is 0 Å². The molecule has 2 N–H and O–H groups in total. The van der Waals surface area contributed by atoms with Crippen molar-refractivity contribution in [2.45, 2.75) is 33.0 Å². The van der Waals surface area contributed by atoms with Crippen LogP contribution < -0.4 is 10.6 Å². The van der Waals surface area contributed by atoms with Crippen molar-refractivity contribution < 1.29 is 9.53 Å². The second kappa shape index (κ2) is 11.4. The Morgan fingerprint density at radius 3 is 2.47 bits per heavy atom. The maximum atomic E-state index is 12.7. The Labute approximate surface area is 183 Å². The summed E-state index contributed by atoms with van der Waals surface area (Å²) in [5.41, 5.74) is 1.36. The summed E-state index contributed by atoms with van der Waals surface area (Å²) in [4.78, 5) is 23.0. The number of rotatable bonds is 10. The van der Waals surface area contributed by atoms with Crippen molar-refractivity contribution in [1.82, 2.24) is 20.1 Å². The molecule has 1 saturated heterocycles. The number of piperazine rings is 1. The molecule has 8 heteroatoms. The van der Waals surface area contributed by atoms with Crippen LogP contribution in [-0.2, 0) is 17.8 Å².